The van der Waals surface area contributed by atoms with Crippen LogP contribution in [0.5, 0.6) is 5.75 Å². The summed E-state index contributed by atoms with van der Waals surface area (Å²) in [5.74, 6) is 0.591. The molecule has 1 aromatic rings. The van der Waals surface area contributed by atoms with Crippen LogP contribution < -0.4 is 10.1 Å². The Labute approximate surface area is 154 Å². The van der Waals surface area contributed by atoms with E-state index in [0.29, 0.717) is 45.9 Å². The second kappa shape index (κ2) is 9.87. The van der Waals surface area contributed by atoms with Gasteiger partial charge in [-0.05, 0) is 31.0 Å². The lowest BCUT2D eigenvalue weighted by atomic mass is 9.88. The summed E-state index contributed by atoms with van der Waals surface area (Å²) in [4.78, 5) is 13.1. The van der Waals surface area contributed by atoms with Crippen LogP contribution in [0.4, 0.5) is 0 Å². The van der Waals surface area contributed by atoms with E-state index in [9.17, 15) is 15.0 Å². The molecule has 26 heavy (non-hydrogen) atoms. The van der Waals surface area contributed by atoms with Gasteiger partial charge in [-0.2, -0.15) is 0 Å². The second-order valence-electron chi connectivity index (χ2n) is 6.70. The fourth-order valence-corrected chi connectivity index (χ4v) is 2.96. The first kappa shape index (κ1) is 20.6. The molecule has 0 aliphatic carbocycles. The number of carbonyl (C=O) groups is 1. The number of β-amino-alcohol motifs (C(OH)–C–C–N with tert-alkyl or cyclic N) is 1. The molecular weight excluding hydrogens is 336 g/mol. The van der Waals surface area contributed by atoms with Gasteiger partial charge in [0, 0.05) is 39.7 Å². The quantitative estimate of drug-likeness (QED) is 0.553. The Morgan fingerprint density at radius 1 is 1.35 bits per heavy atom. The van der Waals surface area contributed by atoms with Gasteiger partial charge in [-0.15, -0.1) is 0 Å². The van der Waals surface area contributed by atoms with Crippen LogP contribution in [0, 0.1) is 0 Å². The summed E-state index contributed by atoms with van der Waals surface area (Å²) in [5.41, 5.74) is -0.151. The van der Waals surface area contributed by atoms with Crippen LogP contribution in [0.2, 0.25) is 0 Å². The highest BCUT2D eigenvalue weighted by atomic mass is 16.5. The molecule has 0 radical (unpaired) electrons. The zero-order chi connectivity index (χ0) is 19.0. The number of aliphatic hydroxyl groups excluding tert-OH is 1. The molecule has 7 heteroatoms. The van der Waals surface area contributed by atoms with E-state index in [1.807, 2.05) is 31.2 Å². The summed E-state index contributed by atoms with van der Waals surface area (Å²) in [6.07, 6.45) is -0.489. The molecule has 1 heterocycles. The standard InChI is InChI=1S/C19H30N2O5/c1-3-25-10-11-26-17-6-4-16(5-7-17)12-21-9-8-19(24,18(23)13-21)14-20-15(2)22/h4-7,18,23-24H,3,8-14H2,1-2H3,(H,20,22)/t18-,19-/m1/s1. The lowest BCUT2D eigenvalue weighted by Gasteiger charge is -2.42. The van der Waals surface area contributed by atoms with Gasteiger partial charge >= 0.3 is 0 Å². The first-order valence-electron chi connectivity index (χ1n) is 9.09. The first-order chi connectivity index (χ1) is 12.4. The van der Waals surface area contributed by atoms with Crippen molar-refractivity contribution in [3.63, 3.8) is 0 Å². The maximum Gasteiger partial charge on any atom is 0.216 e. The van der Waals surface area contributed by atoms with Gasteiger partial charge in [0.25, 0.3) is 0 Å². The average Bonchev–Trinajstić information content (AvgIpc) is 2.62. The van der Waals surface area contributed by atoms with E-state index in [2.05, 4.69) is 10.2 Å². The predicted molar refractivity (Wildman–Crippen MR) is 98.0 cm³/mol. The van der Waals surface area contributed by atoms with Gasteiger partial charge in [0.2, 0.25) is 5.91 Å². The zero-order valence-electron chi connectivity index (χ0n) is 15.6. The van der Waals surface area contributed by atoms with Gasteiger partial charge in [-0.1, -0.05) is 12.1 Å². The van der Waals surface area contributed by atoms with Crippen molar-refractivity contribution in [3.05, 3.63) is 29.8 Å². The summed E-state index contributed by atoms with van der Waals surface area (Å²) in [5, 5.41) is 23.4. The minimum Gasteiger partial charge on any atom is -0.491 e. The fraction of sp³-hybridized carbons (Fsp3) is 0.632. The number of rotatable bonds is 9. The number of benzene rings is 1. The molecule has 1 aromatic carbocycles. The molecule has 0 aromatic heterocycles. The van der Waals surface area contributed by atoms with Crippen LogP contribution in [0.25, 0.3) is 0 Å². The fourth-order valence-electron chi connectivity index (χ4n) is 2.96. The molecule has 1 aliphatic rings. The van der Waals surface area contributed by atoms with Gasteiger partial charge in [-0.3, -0.25) is 9.69 Å². The number of likely N-dealkylation sites (tertiary alicyclic amines) is 1. The smallest absolute Gasteiger partial charge is 0.216 e. The van der Waals surface area contributed by atoms with E-state index in [-0.39, 0.29) is 12.5 Å². The number of carbonyl (C=O) groups excluding carboxylic acids is 1. The van der Waals surface area contributed by atoms with E-state index >= 15 is 0 Å². The highest BCUT2D eigenvalue weighted by Gasteiger charge is 2.40. The van der Waals surface area contributed by atoms with E-state index in [4.69, 9.17) is 9.47 Å². The van der Waals surface area contributed by atoms with Gasteiger partial charge in [0.1, 0.15) is 18.0 Å². The molecule has 2 rings (SSSR count). The molecule has 146 valence electrons. The number of amides is 1. The Morgan fingerprint density at radius 2 is 2.08 bits per heavy atom. The second-order valence-corrected chi connectivity index (χ2v) is 6.70. The lowest BCUT2D eigenvalue weighted by Crippen LogP contribution is -2.59. The number of ether oxygens (including phenoxy) is 2. The molecule has 2 atom stereocenters. The van der Waals surface area contributed by atoms with Crippen molar-refractivity contribution in [2.24, 2.45) is 0 Å². The van der Waals surface area contributed by atoms with Crippen molar-refractivity contribution in [2.45, 2.75) is 38.5 Å². The summed E-state index contributed by atoms with van der Waals surface area (Å²) in [6.45, 7) is 6.91. The highest BCUT2D eigenvalue weighted by Crippen LogP contribution is 2.24. The first-order valence-corrected chi connectivity index (χ1v) is 9.09. The molecule has 0 unspecified atom stereocenters. The maximum absolute atomic E-state index is 11.0. The minimum absolute atomic E-state index is 0.0745. The van der Waals surface area contributed by atoms with Crippen LogP contribution in [-0.4, -0.2) is 72.2 Å². The Hall–Kier alpha value is -1.67. The largest absolute Gasteiger partial charge is 0.491 e. The van der Waals surface area contributed by atoms with Crippen LogP contribution in [-0.2, 0) is 16.1 Å². The molecule has 1 fully saturated rings. The number of nitrogens with one attached hydrogen (secondary N) is 1. The molecule has 1 aliphatic heterocycles. The van der Waals surface area contributed by atoms with Crippen molar-refractivity contribution in [1.29, 1.82) is 0 Å². The predicted octanol–water partition coefficient (Wildman–Crippen LogP) is 0.536. The average molecular weight is 366 g/mol. The number of piperidine rings is 1. The van der Waals surface area contributed by atoms with E-state index in [0.717, 1.165) is 11.3 Å². The number of nitrogens with zero attached hydrogens (tertiary/aromatic N) is 1. The molecule has 0 spiro atoms. The van der Waals surface area contributed by atoms with Crippen molar-refractivity contribution < 1.29 is 24.5 Å². The molecule has 1 amide bonds. The molecule has 3 N–H and O–H groups in total. The Bertz CT molecular complexity index is 566. The molecular formula is C19H30N2O5. The number of aliphatic hydroxyl groups is 2. The van der Waals surface area contributed by atoms with Crippen molar-refractivity contribution in [3.8, 4) is 5.75 Å². The normalized spacial score (nSPS) is 23.6. The topological polar surface area (TPSA) is 91.3 Å². The van der Waals surface area contributed by atoms with Gasteiger partial charge in [0.15, 0.2) is 0 Å². The zero-order valence-corrected chi connectivity index (χ0v) is 15.6. The number of hydrogen-bond donors (Lipinski definition) is 3. The summed E-state index contributed by atoms with van der Waals surface area (Å²) in [7, 11) is 0. The Balaban J connectivity index is 1.80. The van der Waals surface area contributed by atoms with Crippen LogP contribution in [0.1, 0.15) is 25.8 Å². The van der Waals surface area contributed by atoms with Crippen molar-refractivity contribution in [2.75, 3.05) is 39.5 Å². The van der Waals surface area contributed by atoms with Crippen molar-refractivity contribution in [1.82, 2.24) is 10.2 Å². The van der Waals surface area contributed by atoms with Gasteiger partial charge < -0.3 is 25.0 Å². The van der Waals surface area contributed by atoms with Crippen LogP contribution in [0.3, 0.4) is 0 Å². The van der Waals surface area contributed by atoms with Crippen molar-refractivity contribution >= 4 is 5.91 Å². The SMILES string of the molecule is CCOCCOc1ccc(CN2CC[C@@](O)(CNC(C)=O)[C@H](O)C2)cc1. The molecule has 1 saturated heterocycles. The maximum atomic E-state index is 11.0. The monoisotopic (exact) mass is 366 g/mol. The van der Waals surface area contributed by atoms with Crippen LogP contribution >= 0.6 is 0 Å². The lowest BCUT2D eigenvalue weighted by molar-refractivity contribution is -0.130. The summed E-state index contributed by atoms with van der Waals surface area (Å²) >= 11 is 0. The third-order valence-corrected chi connectivity index (χ3v) is 4.59. The highest BCUT2D eigenvalue weighted by molar-refractivity contribution is 5.72. The third-order valence-electron chi connectivity index (χ3n) is 4.59. The Kier molecular flexibility index (Phi) is 7.84. The third kappa shape index (κ3) is 6.25. The molecule has 7 nitrogen and oxygen atoms in total. The summed E-state index contributed by atoms with van der Waals surface area (Å²) in [6, 6.07) is 7.85. The minimum atomic E-state index is -1.26. The molecule has 0 saturated carbocycles. The summed E-state index contributed by atoms with van der Waals surface area (Å²) < 4.78 is 10.8. The van der Waals surface area contributed by atoms with E-state index in [1.165, 1.54) is 6.92 Å². The molecule has 0 bridgehead atoms. The van der Waals surface area contributed by atoms with Gasteiger partial charge in [-0.25, -0.2) is 0 Å². The Morgan fingerprint density at radius 3 is 2.69 bits per heavy atom. The van der Waals surface area contributed by atoms with E-state index < -0.39 is 11.7 Å². The van der Waals surface area contributed by atoms with Gasteiger partial charge in [0.05, 0.1) is 12.7 Å². The van der Waals surface area contributed by atoms with Crippen LogP contribution in [0.15, 0.2) is 24.3 Å². The van der Waals surface area contributed by atoms with E-state index in [1.54, 1.807) is 0 Å². The number of hydrogen-bond acceptors (Lipinski definition) is 6.